The fraction of sp³-hybridized carbons (Fsp3) is 0.588. The molecule has 126 valence electrons. The number of rotatable bonds is 6. The van der Waals surface area contributed by atoms with E-state index >= 15 is 0 Å². The van der Waals surface area contributed by atoms with Crippen LogP contribution in [0.25, 0.3) is 0 Å². The Bertz CT molecular complexity index is 672. The highest BCUT2D eigenvalue weighted by atomic mass is 32.2. The molecule has 5 nitrogen and oxygen atoms in total. The van der Waals surface area contributed by atoms with E-state index < -0.39 is 10.0 Å². The lowest BCUT2D eigenvalue weighted by Crippen LogP contribution is -2.48. The summed E-state index contributed by atoms with van der Waals surface area (Å²) in [4.78, 5) is 2.67. The van der Waals surface area contributed by atoms with Gasteiger partial charge in [-0.3, -0.25) is 0 Å². The molecule has 1 heterocycles. The maximum atomic E-state index is 12.7. The Morgan fingerprint density at radius 3 is 2.39 bits per heavy atom. The first-order chi connectivity index (χ1) is 10.9. The van der Waals surface area contributed by atoms with Crippen molar-refractivity contribution in [2.45, 2.75) is 38.0 Å². The molecule has 0 atom stereocenters. The molecule has 23 heavy (non-hydrogen) atoms. The van der Waals surface area contributed by atoms with Gasteiger partial charge in [0.1, 0.15) is 0 Å². The van der Waals surface area contributed by atoms with Crippen molar-refractivity contribution < 1.29 is 8.42 Å². The van der Waals surface area contributed by atoms with Crippen molar-refractivity contribution in [2.24, 2.45) is 0 Å². The van der Waals surface area contributed by atoms with E-state index in [1.54, 1.807) is 16.4 Å². The predicted octanol–water partition coefficient (Wildman–Crippen LogP) is 2.30. The molecule has 0 amide bonds. The highest BCUT2D eigenvalue weighted by Crippen LogP contribution is 2.20. The van der Waals surface area contributed by atoms with Gasteiger partial charge in [-0.15, -0.1) is 0 Å². The van der Waals surface area contributed by atoms with Crippen LogP contribution in [0.3, 0.4) is 0 Å². The molecular formula is C17H25N3O2S. The topological polar surface area (TPSA) is 64.4 Å². The fourth-order valence-corrected chi connectivity index (χ4v) is 4.26. The third-order valence-electron chi connectivity index (χ3n) is 4.46. The average Bonchev–Trinajstić information content (AvgIpc) is 2.54. The Balaban J connectivity index is 1.93. The van der Waals surface area contributed by atoms with Gasteiger partial charge < -0.3 is 4.90 Å². The van der Waals surface area contributed by atoms with E-state index in [2.05, 4.69) is 11.0 Å². The van der Waals surface area contributed by atoms with Crippen molar-refractivity contribution in [2.75, 3.05) is 32.7 Å². The summed E-state index contributed by atoms with van der Waals surface area (Å²) in [6.45, 7) is 7.46. The molecule has 0 spiro atoms. The van der Waals surface area contributed by atoms with Gasteiger partial charge in [0.15, 0.2) is 0 Å². The lowest BCUT2D eigenvalue weighted by Gasteiger charge is -2.34. The fourth-order valence-electron chi connectivity index (χ4n) is 2.76. The maximum absolute atomic E-state index is 12.7. The number of benzene rings is 1. The number of nitriles is 1. The summed E-state index contributed by atoms with van der Waals surface area (Å²) in [5.41, 5.74) is 2.10. The van der Waals surface area contributed by atoms with Gasteiger partial charge >= 0.3 is 0 Å². The second-order valence-electron chi connectivity index (χ2n) is 6.11. The molecule has 1 aromatic carbocycles. The molecule has 1 aliphatic heterocycles. The molecule has 0 radical (unpaired) electrons. The van der Waals surface area contributed by atoms with E-state index in [1.165, 1.54) is 0 Å². The zero-order chi connectivity index (χ0) is 16.9. The van der Waals surface area contributed by atoms with Crippen LogP contribution in [0.15, 0.2) is 23.1 Å². The van der Waals surface area contributed by atoms with Crippen LogP contribution in [0, 0.1) is 25.2 Å². The van der Waals surface area contributed by atoms with E-state index in [4.69, 9.17) is 5.26 Å². The van der Waals surface area contributed by atoms with Crippen LogP contribution in [0.1, 0.15) is 30.4 Å². The van der Waals surface area contributed by atoms with Crippen molar-refractivity contribution in [3.63, 3.8) is 0 Å². The van der Waals surface area contributed by atoms with Gasteiger partial charge in [0.2, 0.25) is 10.0 Å². The van der Waals surface area contributed by atoms with Crippen LogP contribution < -0.4 is 0 Å². The zero-order valence-electron chi connectivity index (χ0n) is 14.0. The minimum Gasteiger partial charge on any atom is -0.301 e. The average molecular weight is 335 g/mol. The van der Waals surface area contributed by atoms with Crippen molar-refractivity contribution in [1.82, 2.24) is 9.21 Å². The summed E-state index contributed by atoms with van der Waals surface area (Å²) in [6, 6.07) is 7.48. The highest BCUT2D eigenvalue weighted by molar-refractivity contribution is 7.89. The Hall–Kier alpha value is -1.42. The molecule has 0 N–H and O–H groups in total. The van der Waals surface area contributed by atoms with Gasteiger partial charge in [0, 0.05) is 32.6 Å². The Labute approximate surface area is 139 Å². The minimum absolute atomic E-state index is 0.392. The summed E-state index contributed by atoms with van der Waals surface area (Å²) >= 11 is 0. The molecule has 0 bridgehead atoms. The van der Waals surface area contributed by atoms with E-state index in [-0.39, 0.29) is 0 Å². The second-order valence-corrected chi connectivity index (χ2v) is 8.04. The number of aryl methyl sites for hydroxylation is 2. The third kappa shape index (κ3) is 4.54. The summed E-state index contributed by atoms with van der Waals surface area (Å²) in [6.07, 6.45) is 2.51. The molecule has 1 fully saturated rings. The molecule has 0 saturated carbocycles. The van der Waals surface area contributed by atoms with Crippen LogP contribution in [0.5, 0.6) is 0 Å². The maximum Gasteiger partial charge on any atom is 0.243 e. The first-order valence-electron chi connectivity index (χ1n) is 8.12. The van der Waals surface area contributed by atoms with Crippen molar-refractivity contribution in [1.29, 1.82) is 5.26 Å². The van der Waals surface area contributed by atoms with Crippen LogP contribution in [-0.2, 0) is 10.0 Å². The summed E-state index contributed by atoms with van der Waals surface area (Å²) in [5.74, 6) is 0. The number of sulfonamides is 1. The van der Waals surface area contributed by atoms with Crippen LogP contribution >= 0.6 is 0 Å². The zero-order valence-corrected chi connectivity index (χ0v) is 14.8. The standard InChI is InChI=1S/C17H25N3O2S/c1-15-6-7-17(14-16(15)2)23(21,22)20-12-10-19(11-13-20)9-5-3-4-8-18/h6-7,14H,3-5,9-13H2,1-2H3. The van der Waals surface area contributed by atoms with E-state index in [0.29, 0.717) is 24.4 Å². The monoisotopic (exact) mass is 335 g/mol. The molecule has 0 unspecified atom stereocenters. The lowest BCUT2D eigenvalue weighted by molar-refractivity contribution is 0.186. The third-order valence-corrected chi connectivity index (χ3v) is 6.35. The minimum atomic E-state index is -3.39. The Kier molecular flexibility index (Phi) is 6.17. The van der Waals surface area contributed by atoms with Gasteiger partial charge in [0.05, 0.1) is 11.0 Å². The van der Waals surface area contributed by atoms with E-state index in [0.717, 1.165) is 43.6 Å². The van der Waals surface area contributed by atoms with Crippen LogP contribution in [-0.4, -0.2) is 50.3 Å². The van der Waals surface area contributed by atoms with Gasteiger partial charge in [-0.05, 0) is 56.5 Å². The van der Waals surface area contributed by atoms with Gasteiger partial charge in [-0.25, -0.2) is 8.42 Å². The largest absolute Gasteiger partial charge is 0.301 e. The van der Waals surface area contributed by atoms with Crippen LogP contribution in [0.4, 0.5) is 0 Å². The van der Waals surface area contributed by atoms with Gasteiger partial charge in [0.25, 0.3) is 0 Å². The van der Waals surface area contributed by atoms with E-state index in [1.807, 2.05) is 19.9 Å². The molecule has 6 heteroatoms. The highest BCUT2D eigenvalue weighted by Gasteiger charge is 2.28. The molecular weight excluding hydrogens is 310 g/mol. The molecule has 1 saturated heterocycles. The Morgan fingerprint density at radius 1 is 1.09 bits per heavy atom. The van der Waals surface area contributed by atoms with Crippen LogP contribution in [0.2, 0.25) is 0 Å². The molecule has 1 aliphatic rings. The van der Waals surface area contributed by atoms with Gasteiger partial charge in [-0.1, -0.05) is 6.07 Å². The van der Waals surface area contributed by atoms with Crippen molar-refractivity contribution in [3.8, 4) is 6.07 Å². The molecule has 0 aliphatic carbocycles. The first kappa shape index (κ1) is 17.9. The number of unbranched alkanes of at least 4 members (excludes halogenated alkanes) is 2. The first-order valence-corrected chi connectivity index (χ1v) is 9.56. The lowest BCUT2D eigenvalue weighted by atomic mass is 10.1. The Morgan fingerprint density at radius 2 is 1.78 bits per heavy atom. The SMILES string of the molecule is Cc1ccc(S(=O)(=O)N2CCN(CCCCC#N)CC2)cc1C. The predicted molar refractivity (Wildman–Crippen MR) is 90.6 cm³/mol. The summed E-state index contributed by atoms with van der Waals surface area (Å²) < 4.78 is 27.0. The van der Waals surface area contributed by atoms with Crippen molar-refractivity contribution >= 4 is 10.0 Å². The molecule has 0 aromatic heterocycles. The summed E-state index contributed by atoms with van der Waals surface area (Å²) in [5, 5.41) is 8.54. The molecule has 2 rings (SSSR count). The quantitative estimate of drug-likeness (QED) is 0.748. The van der Waals surface area contributed by atoms with Crippen molar-refractivity contribution in [3.05, 3.63) is 29.3 Å². The summed E-state index contributed by atoms with van der Waals surface area (Å²) in [7, 11) is -3.39. The number of hydrogen-bond acceptors (Lipinski definition) is 4. The number of nitrogens with zero attached hydrogens (tertiary/aromatic N) is 3. The number of hydrogen-bond donors (Lipinski definition) is 0. The second kappa shape index (κ2) is 7.91. The number of piperazine rings is 1. The van der Waals surface area contributed by atoms with E-state index in [9.17, 15) is 8.42 Å². The molecule has 1 aromatic rings. The smallest absolute Gasteiger partial charge is 0.243 e. The normalized spacial score (nSPS) is 17.1. The van der Waals surface area contributed by atoms with Gasteiger partial charge in [-0.2, -0.15) is 9.57 Å².